The van der Waals surface area contributed by atoms with Crippen LogP contribution in [0.15, 0.2) is 51.7 Å². The van der Waals surface area contributed by atoms with Crippen molar-refractivity contribution in [1.29, 1.82) is 0 Å². The van der Waals surface area contributed by atoms with Crippen molar-refractivity contribution < 1.29 is 9.52 Å². The largest absolute Gasteiger partial charge is 0.508 e. The fraction of sp³-hybridized carbons (Fsp3) is 0.133. The predicted molar refractivity (Wildman–Crippen MR) is 72.6 cm³/mol. The maximum Gasteiger partial charge on any atom is 0.344 e. The van der Waals surface area contributed by atoms with Gasteiger partial charge in [0, 0.05) is 11.5 Å². The van der Waals surface area contributed by atoms with Gasteiger partial charge in [-0.05, 0) is 37.6 Å². The average Bonchev–Trinajstić information content (AvgIpc) is 2.35. The van der Waals surface area contributed by atoms with Crippen LogP contribution in [0, 0.1) is 0 Å². The molecule has 0 atom stereocenters. The number of aromatic hydroxyl groups is 1. The minimum absolute atomic E-state index is 0.0816. The molecule has 3 heteroatoms. The highest BCUT2D eigenvalue weighted by Crippen LogP contribution is 2.22. The normalized spacial score (nSPS) is 12.4. The Morgan fingerprint density at radius 1 is 1.28 bits per heavy atom. The zero-order valence-electron chi connectivity index (χ0n) is 10.3. The molecule has 0 bridgehead atoms. The second-order valence-corrected chi connectivity index (χ2v) is 3.91. The molecule has 0 saturated carbocycles. The Labute approximate surface area is 105 Å². The van der Waals surface area contributed by atoms with Crippen LogP contribution in [0.4, 0.5) is 0 Å². The van der Waals surface area contributed by atoms with E-state index in [9.17, 15) is 9.90 Å². The van der Waals surface area contributed by atoms with Gasteiger partial charge in [0.2, 0.25) is 0 Å². The van der Waals surface area contributed by atoms with E-state index < -0.39 is 5.63 Å². The zero-order chi connectivity index (χ0) is 13.1. The number of phenols is 1. The molecule has 0 aliphatic carbocycles. The van der Waals surface area contributed by atoms with Gasteiger partial charge in [0.25, 0.3) is 0 Å². The summed E-state index contributed by atoms with van der Waals surface area (Å²) in [5.41, 5.74) is 1.33. The molecule has 18 heavy (non-hydrogen) atoms. The summed E-state index contributed by atoms with van der Waals surface area (Å²) in [5, 5.41) is 10.1. The van der Waals surface area contributed by atoms with Gasteiger partial charge in [0.1, 0.15) is 11.3 Å². The van der Waals surface area contributed by atoms with Crippen LogP contribution < -0.4 is 5.63 Å². The van der Waals surface area contributed by atoms with Gasteiger partial charge in [-0.1, -0.05) is 18.2 Å². The van der Waals surface area contributed by atoms with Gasteiger partial charge in [0.05, 0.1) is 5.56 Å². The zero-order valence-corrected chi connectivity index (χ0v) is 10.3. The number of rotatable bonds is 2. The summed E-state index contributed by atoms with van der Waals surface area (Å²) in [5.74, 6) is 0.0816. The summed E-state index contributed by atoms with van der Waals surface area (Å²) in [6.07, 6.45) is 5.59. The van der Waals surface area contributed by atoms with E-state index >= 15 is 0 Å². The number of phenolic OH excluding ortho intramolecular Hbond substituents is 1. The third-order valence-corrected chi connectivity index (χ3v) is 2.69. The van der Waals surface area contributed by atoms with Gasteiger partial charge in [-0.2, -0.15) is 0 Å². The summed E-state index contributed by atoms with van der Waals surface area (Å²) < 4.78 is 5.21. The lowest BCUT2D eigenvalue weighted by atomic mass is 10.1. The molecule has 1 aromatic heterocycles. The maximum atomic E-state index is 11.9. The minimum atomic E-state index is -0.403. The van der Waals surface area contributed by atoms with Crippen LogP contribution in [0.5, 0.6) is 5.75 Å². The maximum absolute atomic E-state index is 11.9. The van der Waals surface area contributed by atoms with Crippen LogP contribution in [-0.2, 0) is 0 Å². The second kappa shape index (κ2) is 4.92. The van der Waals surface area contributed by atoms with Crippen molar-refractivity contribution in [3.8, 4) is 5.75 Å². The van der Waals surface area contributed by atoms with Crippen molar-refractivity contribution in [1.82, 2.24) is 0 Å². The van der Waals surface area contributed by atoms with E-state index in [0.717, 1.165) is 11.0 Å². The van der Waals surface area contributed by atoms with Crippen molar-refractivity contribution in [2.75, 3.05) is 0 Å². The highest BCUT2D eigenvalue weighted by molar-refractivity contribution is 5.83. The molecular formula is C15H14O3. The molecule has 3 nitrogen and oxygen atoms in total. The molecule has 0 saturated heterocycles. The van der Waals surface area contributed by atoms with E-state index in [-0.39, 0.29) is 5.75 Å². The Kier molecular flexibility index (Phi) is 3.33. The molecule has 2 rings (SSSR count). The van der Waals surface area contributed by atoms with Crippen LogP contribution >= 0.6 is 0 Å². The molecule has 0 radical (unpaired) electrons. The number of allylic oxidation sites excluding steroid dienone is 4. The summed E-state index contributed by atoms with van der Waals surface area (Å²) >= 11 is 0. The first kappa shape index (κ1) is 12.2. The van der Waals surface area contributed by atoms with Gasteiger partial charge >= 0.3 is 5.63 Å². The molecule has 92 valence electrons. The molecule has 0 fully saturated rings. The molecule has 1 heterocycles. The van der Waals surface area contributed by atoms with E-state index in [0.29, 0.717) is 11.1 Å². The van der Waals surface area contributed by atoms with Crippen molar-refractivity contribution in [3.05, 3.63) is 58.5 Å². The molecular weight excluding hydrogens is 228 g/mol. The standard InChI is InChI=1S/C15H14O3/c1-3-5-10(4-2)13-8-11-6-7-12(16)9-14(11)18-15(13)17/h3-9,16H,1-2H3/b5-3-,10-4+. The molecule has 0 aliphatic rings. The van der Waals surface area contributed by atoms with Crippen molar-refractivity contribution in [2.45, 2.75) is 13.8 Å². The summed E-state index contributed by atoms with van der Waals surface area (Å²) in [7, 11) is 0. The molecule has 0 unspecified atom stereocenters. The smallest absolute Gasteiger partial charge is 0.344 e. The number of benzene rings is 1. The van der Waals surface area contributed by atoms with Crippen molar-refractivity contribution in [2.24, 2.45) is 0 Å². The van der Waals surface area contributed by atoms with E-state index in [2.05, 4.69) is 0 Å². The van der Waals surface area contributed by atoms with Gasteiger partial charge in [-0.15, -0.1) is 0 Å². The van der Waals surface area contributed by atoms with Crippen LogP contribution in [-0.4, -0.2) is 5.11 Å². The van der Waals surface area contributed by atoms with Crippen molar-refractivity contribution >= 4 is 16.5 Å². The summed E-state index contributed by atoms with van der Waals surface area (Å²) in [6, 6.07) is 6.50. The third kappa shape index (κ3) is 2.20. The van der Waals surface area contributed by atoms with E-state index in [1.54, 1.807) is 18.2 Å². The summed E-state index contributed by atoms with van der Waals surface area (Å²) in [6.45, 7) is 3.76. The lowest BCUT2D eigenvalue weighted by Gasteiger charge is -2.03. The third-order valence-electron chi connectivity index (χ3n) is 2.69. The van der Waals surface area contributed by atoms with Crippen LogP contribution in [0.1, 0.15) is 19.4 Å². The highest BCUT2D eigenvalue weighted by Gasteiger charge is 2.08. The number of hydrogen-bond acceptors (Lipinski definition) is 3. The van der Waals surface area contributed by atoms with Gasteiger partial charge in [0.15, 0.2) is 0 Å². The molecule has 0 amide bonds. The molecule has 1 aromatic carbocycles. The Balaban J connectivity index is 2.70. The van der Waals surface area contributed by atoms with Crippen molar-refractivity contribution in [3.63, 3.8) is 0 Å². The van der Waals surface area contributed by atoms with Crippen LogP contribution in [0.25, 0.3) is 16.5 Å². The quantitative estimate of drug-likeness (QED) is 0.648. The number of fused-ring (bicyclic) bond motifs is 1. The molecule has 0 aliphatic heterocycles. The monoisotopic (exact) mass is 242 g/mol. The Morgan fingerprint density at radius 2 is 2.06 bits per heavy atom. The topological polar surface area (TPSA) is 50.4 Å². The van der Waals surface area contributed by atoms with E-state index in [4.69, 9.17) is 4.42 Å². The van der Waals surface area contributed by atoms with E-state index in [1.807, 2.05) is 32.1 Å². The Morgan fingerprint density at radius 3 is 2.72 bits per heavy atom. The highest BCUT2D eigenvalue weighted by atomic mass is 16.4. The first-order valence-electron chi connectivity index (χ1n) is 5.72. The second-order valence-electron chi connectivity index (χ2n) is 3.91. The fourth-order valence-electron chi connectivity index (χ4n) is 1.82. The van der Waals surface area contributed by atoms with Gasteiger partial charge in [-0.3, -0.25) is 0 Å². The molecule has 1 N–H and O–H groups in total. The van der Waals surface area contributed by atoms with Gasteiger partial charge < -0.3 is 9.52 Å². The first-order valence-corrected chi connectivity index (χ1v) is 5.72. The SMILES string of the molecule is C/C=C\C(=C/C)c1cc2ccc(O)cc2oc1=O. The minimum Gasteiger partial charge on any atom is -0.508 e. The molecule has 0 spiro atoms. The van der Waals surface area contributed by atoms with E-state index in [1.165, 1.54) is 6.07 Å². The molecule has 2 aromatic rings. The van der Waals surface area contributed by atoms with Crippen LogP contribution in [0.3, 0.4) is 0 Å². The lowest BCUT2D eigenvalue weighted by molar-refractivity contribution is 0.473. The van der Waals surface area contributed by atoms with Crippen LogP contribution in [0.2, 0.25) is 0 Å². The Bertz CT molecular complexity index is 690. The fourth-order valence-corrected chi connectivity index (χ4v) is 1.82. The predicted octanol–water partition coefficient (Wildman–Crippen LogP) is 3.48. The lowest BCUT2D eigenvalue weighted by Crippen LogP contribution is -2.05. The Hall–Kier alpha value is -2.29. The van der Waals surface area contributed by atoms with Gasteiger partial charge in [-0.25, -0.2) is 4.79 Å². The number of hydrogen-bond donors (Lipinski definition) is 1. The first-order chi connectivity index (χ1) is 8.65. The summed E-state index contributed by atoms with van der Waals surface area (Å²) in [4.78, 5) is 11.9. The average molecular weight is 242 g/mol.